The van der Waals surface area contributed by atoms with E-state index in [0.717, 1.165) is 41.9 Å². The molecule has 8 heteroatoms. The number of rotatable bonds is 6. The molecule has 2 aromatic heterocycles. The standard InChI is InChI=1S/C27H31N7O/c1-19-17-33(15-13-28-19)23-10-8-22(9-11-23)30-27-29-16-20-12-14-34(25(20)31-27)18-21-6-4-5-7-24(21)26(35)32(2)3/h4-12,14,16,19,28H,13,15,17-18H2,1-3H3,(H,29,30,31)/t19-/m1/s1. The third-order valence-corrected chi connectivity index (χ3v) is 6.35. The van der Waals surface area contributed by atoms with Gasteiger partial charge in [0, 0.05) is 81.0 Å². The van der Waals surface area contributed by atoms with Crippen LogP contribution in [0.4, 0.5) is 17.3 Å². The van der Waals surface area contributed by atoms with Gasteiger partial charge < -0.3 is 25.0 Å². The zero-order chi connectivity index (χ0) is 24.4. The van der Waals surface area contributed by atoms with Crippen LogP contribution in [-0.4, -0.2) is 65.1 Å². The van der Waals surface area contributed by atoms with Gasteiger partial charge in [-0.2, -0.15) is 4.98 Å². The average molecular weight is 470 g/mol. The number of nitrogens with zero attached hydrogens (tertiary/aromatic N) is 5. The molecule has 1 saturated heterocycles. The van der Waals surface area contributed by atoms with Gasteiger partial charge in [0.15, 0.2) is 0 Å². The Hall–Kier alpha value is -3.91. The Morgan fingerprint density at radius 1 is 1.14 bits per heavy atom. The first-order chi connectivity index (χ1) is 17.0. The molecule has 4 aromatic rings. The molecular weight excluding hydrogens is 438 g/mol. The number of fused-ring (bicyclic) bond motifs is 1. The Kier molecular flexibility index (Phi) is 6.37. The highest BCUT2D eigenvalue weighted by atomic mass is 16.2. The maximum atomic E-state index is 12.6. The lowest BCUT2D eigenvalue weighted by atomic mass is 10.1. The summed E-state index contributed by atoms with van der Waals surface area (Å²) >= 11 is 0. The third kappa shape index (κ3) is 4.97. The lowest BCUT2D eigenvalue weighted by Crippen LogP contribution is -2.49. The molecule has 0 bridgehead atoms. The van der Waals surface area contributed by atoms with Crippen LogP contribution in [0.25, 0.3) is 11.0 Å². The second-order valence-corrected chi connectivity index (χ2v) is 9.25. The highest BCUT2D eigenvalue weighted by molar-refractivity contribution is 5.95. The average Bonchev–Trinajstić information content (AvgIpc) is 3.26. The molecule has 2 N–H and O–H groups in total. The van der Waals surface area contributed by atoms with Gasteiger partial charge >= 0.3 is 0 Å². The van der Waals surface area contributed by atoms with Crippen molar-refractivity contribution in [1.29, 1.82) is 0 Å². The van der Waals surface area contributed by atoms with E-state index >= 15 is 0 Å². The molecule has 180 valence electrons. The maximum Gasteiger partial charge on any atom is 0.253 e. The molecule has 3 heterocycles. The predicted octanol–water partition coefficient (Wildman–Crippen LogP) is 3.72. The van der Waals surface area contributed by atoms with E-state index in [9.17, 15) is 4.79 Å². The van der Waals surface area contributed by atoms with Crippen molar-refractivity contribution in [3.8, 4) is 0 Å². The fourth-order valence-electron chi connectivity index (χ4n) is 4.50. The molecule has 2 aromatic carbocycles. The molecule has 5 rings (SSSR count). The highest BCUT2D eigenvalue weighted by Crippen LogP contribution is 2.23. The lowest BCUT2D eigenvalue weighted by Gasteiger charge is -2.33. The first kappa shape index (κ1) is 22.9. The minimum absolute atomic E-state index is 0.00670. The molecule has 1 aliphatic rings. The van der Waals surface area contributed by atoms with Crippen LogP contribution in [0, 0.1) is 0 Å². The van der Waals surface area contributed by atoms with Crippen LogP contribution in [0.3, 0.4) is 0 Å². The van der Waals surface area contributed by atoms with Gasteiger partial charge in [-0.1, -0.05) is 18.2 Å². The van der Waals surface area contributed by atoms with Crippen LogP contribution < -0.4 is 15.5 Å². The van der Waals surface area contributed by atoms with Gasteiger partial charge in [0.2, 0.25) is 5.95 Å². The van der Waals surface area contributed by atoms with Gasteiger partial charge in [0.25, 0.3) is 5.91 Å². The number of carbonyl (C=O) groups is 1. The minimum atomic E-state index is -0.00670. The quantitative estimate of drug-likeness (QED) is 0.448. The van der Waals surface area contributed by atoms with Crippen LogP contribution in [0.15, 0.2) is 67.0 Å². The van der Waals surface area contributed by atoms with Crippen molar-refractivity contribution in [1.82, 2.24) is 24.8 Å². The van der Waals surface area contributed by atoms with E-state index in [4.69, 9.17) is 4.98 Å². The third-order valence-electron chi connectivity index (χ3n) is 6.35. The highest BCUT2D eigenvalue weighted by Gasteiger charge is 2.16. The molecule has 0 unspecified atom stereocenters. The van der Waals surface area contributed by atoms with Crippen LogP contribution in [0.2, 0.25) is 0 Å². The summed E-state index contributed by atoms with van der Waals surface area (Å²) < 4.78 is 2.05. The Morgan fingerprint density at radius 3 is 2.71 bits per heavy atom. The molecular formula is C27H31N7O. The fraction of sp³-hybridized carbons (Fsp3) is 0.296. The Bertz CT molecular complexity index is 1330. The van der Waals surface area contributed by atoms with E-state index in [0.29, 0.717) is 24.1 Å². The summed E-state index contributed by atoms with van der Waals surface area (Å²) in [5, 5.41) is 7.77. The summed E-state index contributed by atoms with van der Waals surface area (Å²) in [6.45, 7) is 5.78. The topological polar surface area (TPSA) is 78.3 Å². The molecule has 0 saturated carbocycles. The van der Waals surface area contributed by atoms with E-state index in [1.165, 1.54) is 5.69 Å². The monoisotopic (exact) mass is 469 g/mol. The van der Waals surface area contributed by atoms with Crippen molar-refractivity contribution in [2.24, 2.45) is 0 Å². The largest absolute Gasteiger partial charge is 0.369 e. The second-order valence-electron chi connectivity index (χ2n) is 9.25. The molecule has 1 fully saturated rings. The molecule has 1 atom stereocenters. The smallest absolute Gasteiger partial charge is 0.253 e. The van der Waals surface area contributed by atoms with Gasteiger partial charge in [0.05, 0.1) is 0 Å². The van der Waals surface area contributed by atoms with Gasteiger partial charge in [-0.05, 0) is 48.9 Å². The van der Waals surface area contributed by atoms with E-state index in [1.807, 2.05) is 42.7 Å². The summed E-state index contributed by atoms with van der Waals surface area (Å²) in [5.74, 6) is 0.534. The number of piperazine rings is 1. The second kappa shape index (κ2) is 9.76. The zero-order valence-electron chi connectivity index (χ0n) is 20.4. The molecule has 35 heavy (non-hydrogen) atoms. The minimum Gasteiger partial charge on any atom is -0.369 e. The van der Waals surface area contributed by atoms with Gasteiger partial charge in [-0.3, -0.25) is 4.79 Å². The number of amides is 1. The molecule has 8 nitrogen and oxygen atoms in total. The normalized spacial score (nSPS) is 15.9. The van der Waals surface area contributed by atoms with E-state index in [2.05, 4.69) is 56.3 Å². The van der Waals surface area contributed by atoms with Crippen LogP contribution in [0.1, 0.15) is 22.8 Å². The predicted molar refractivity (Wildman–Crippen MR) is 140 cm³/mol. The van der Waals surface area contributed by atoms with Crippen molar-refractivity contribution in [2.75, 3.05) is 43.9 Å². The number of hydrogen-bond acceptors (Lipinski definition) is 6. The van der Waals surface area contributed by atoms with Crippen LogP contribution in [-0.2, 0) is 6.54 Å². The first-order valence-electron chi connectivity index (χ1n) is 11.9. The van der Waals surface area contributed by atoms with Crippen molar-refractivity contribution in [2.45, 2.75) is 19.5 Å². The van der Waals surface area contributed by atoms with Gasteiger partial charge in [-0.25, -0.2) is 4.98 Å². The number of nitrogens with one attached hydrogen (secondary N) is 2. The molecule has 0 spiro atoms. The van der Waals surface area contributed by atoms with Crippen LogP contribution in [0.5, 0.6) is 0 Å². The maximum absolute atomic E-state index is 12.6. The summed E-state index contributed by atoms with van der Waals surface area (Å²) in [6, 6.07) is 18.6. The number of benzene rings is 2. The Labute approximate surface area is 205 Å². The Balaban J connectivity index is 1.35. The zero-order valence-corrected chi connectivity index (χ0v) is 20.4. The van der Waals surface area contributed by atoms with Crippen LogP contribution >= 0.6 is 0 Å². The SMILES string of the molecule is C[C@@H]1CN(c2ccc(Nc3ncc4ccn(Cc5ccccc5C(=O)N(C)C)c4n3)cc2)CCN1. The number of aromatic nitrogens is 3. The fourth-order valence-corrected chi connectivity index (χ4v) is 4.50. The van der Waals surface area contributed by atoms with Crippen molar-refractivity contribution in [3.63, 3.8) is 0 Å². The Morgan fingerprint density at radius 2 is 1.94 bits per heavy atom. The van der Waals surface area contributed by atoms with Crippen molar-refractivity contribution < 1.29 is 4.79 Å². The number of hydrogen-bond donors (Lipinski definition) is 2. The summed E-state index contributed by atoms with van der Waals surface area (Å²) in [7, 11) is 3.54. The lowest BCUT2D eigenvalue weighted by molar-refractivity contribution is 0.0826. The van der Waals surface area contributed by atoms with E-state index in [1.54, 1.807) is 19.0 Å². The molecule has 1 aliphatic heterocycles. The van der Waals surface area contributed by atoms with Gasteiger partial charge in [-0.15, -0.1) is 0 Å². The molecule has 1 amide bonds. The van der Waals surface area contributed by atoms with E-state index in [-0.39, 0.29) is 5.91 Å². The first-order valence-corrected chi connectivity index (χ1v) is 11.9. The molecule has 0 aliphatic carbocycles. The summed E-state index contributed by atoms with van der Waals surface area (Å²) in [5.41, 5.74) is 4.64. The van der Waals surface area contributed by atoms with Crippen molar-refractivity contribution >= 4 is 34.3 Å². The number of carbonyl (C=O) groups excluding carboxylic acids is 1. The molecule has 0 radical (unpaired) electrons. The summed E-state index contributed by atoms with van der Waals surface area (Å²) in [4.78, 5) is 25.9. The van der Waals surface area contributed by atoms with Gasteiger partial charge in [0.1, 0.15) is 5.65 Å². The summed E-state index contributed by atoms with van der Waals surface area (Å²) in [6.07, 6.45) is 3.82. The van der Waals surface area contributed by atoms with Crippen molar-refractivity contribution in [3.05, 3.63) is 78.1 Å². The van der Waals surface area contributed by atoms with E-state index < -0.39 is 0 Å². The number of anilines is 3.